The van der Waals surface area contributed by atoms with Crippen molar-refractivity contribution in [2.24, 2.45) is 0 Å². The van der Waals surface area contributed by atoms with Gasteiger partial charge in [-0.05, 0) is 30.9 Å². The number of aromatic hydroxyl groups is 1. The predicted molar refractivity (Wildman–Crippen MR) is 44.6 cm³/mol. The molecule has 0 atom stereocenters. The Bertz CT molecular complexity index is 332. The van der Waals surface area contributed by atoms with Gasteiger partial charge in [-0.25, -0.2) is 8.78 Å². The normalized spacial score (nSPS) is 17.1. The van der Waals surface area contributed by atoms with Crippen LogP contribution in [0, 0.1) is 11.6 Å². The molecule has 3 heteroatoms. The molecule has 1 saturated carbocycles. The van der Waals surface area contributed by atoms with Crippen LogP contribution >= 0.6 is 0 Å². The summed E-state index contributed by atoms with van der Waals surface area (Å²) in [7, 11) is 0. The number of hydrogen-bond donors (Lipinski definition) is 1. The molecular weight excluding hydrogens is 174 g/mol. The van der Waals surface area contributed by atoms with E-state index in [0.717, 1.165) is 25.3 Å². The second-order valence-corrected chi connectivity index (χ2v) is 3.42. The summed E-state index contributed by atoms with van der Waals surface area (Å²) in [4.78, 5) is 0. The molecule has 0 aliphatic heterocycles. The minimum Gasteiger partial charge on any atom is -0.508 e. The highest BCUT2D eigenvalue weighted by molar-refractivity contribution is 5.37. The SMILES string of the molecule is Oc1ccc(F)c(F)c1C1CCC1. The predicted octanol–water partition coefficient (Wildman–Crippen LogP) is 2.94. The number of benzene rings is 1. The summed E-state index contributed by atoms with van der Waals surface area (Å²) in [5.74, 6) is -1.87. The van der Waals surface area contributed by atoms with Crippen molar-refractivity contribution in [1.82, 2.24) is 0 Å². The van der Waals surface area contributed by atoms with Crippen molar-refractivity contribution in [3.8, 4) is 5.75 Å². The first-order chi connectivity index (χ1) is 6.20. The van der Waals surface area contributed by atoms with Gasteiger partial charge < -0.3 is 5.11 Å². The summed E-state index contributed by atoms with van der Waals surface area (Å²) < 4.78 is 26.0. The van der Waals surface area contributed by atoms with Crippen molar-refractivity contribution in [3.63, 3.8) is 0 Å². The number of phenols is 1. The van der Waals surface area contributed by atoms with Crippen LogP contribution in [0.3, 0.4) is 0 Å². The van der Waals surface area contributed by atoms with Gasteiger partial charge in [0.1, 0.15) is 5.75 Å². The molecule has 1 aliphatic carbocycles. The first-order valence-corrected chi connectivity index (χ1v) is 4.37. The zero-order chi connectivity index (χ0) is 9.42. The molecule has 2 rings (SSSR count). The molecule has 0 amide bonds. The van der Waals surface area contributed by atoms with Crippen molar-refractivity contribution < 1.29 is 13.9 Å². The summed E-state index contributed by atoms with van der Waals surface area (Å²) in [5.41, 5.74) is 0.159. The Morgan fingerprint density at radius 2 is 1.92 bits per heavy atom. The molecule has 1 aliphatic rings. The molecular formula is C10H10F2O. The fourth-order valence-corrected chi connectivity index (χ4v) is 1.64. The molecule has 70 valence electrons. The van der Waals surface area contributed by atoms with E-state index >= 15 is 0 Å². The second-order valence-electron chi connectivity index (χ2n) is 3.42. The van der Waals surface area contributed by atoms with Crippen LogP contribution in [0.25, 0.3) is 0 Å². The molecule has 1 aromatic carbocycles. The zero-order valence-corrected chi connectivity index (χ0v) is 7.06. The van der Waals surface area contributed by atoms with E-state index in [-0.39, 0.29) is 17.2 Å². The molecule has 13 heavy (non-hydrogen) atoms. The van der Waals surface area contributed by atoms with E-state index in [1.54, 1.807) is 0 Å². The van der Waals surface area contributed by atoms with Crippen LogP contribution in [0.15, 0.2) is 12.1 Å². The Morgan fingerprint density at radius 1 is 1.23 bits per heavy atom. The maximum absolute atomic E-state index is 13.2. The molecule has 0 bridgehead atoms. The van der Waals surface area contributed by atoms with E-state index in [9.17, 15) is 13.9 Å². The molecule has 1 aromatic rings. The Morgan fingerprint density at radius 3 is 2.46 bits per heavy atom. The monoisotopic (exact) mass is 184 g/mol. The lowest BCUT2D eigenvalue weighted by atomic mass is 9.79. The van der Waals surface area contributed by atoms with E-state index in [2.05, 4.69) is 0 Å². The van der Waals surface area contributed by atoms with Gasteiger partial charge in [0, 0.05) is 5.56 Å². The van der Waals surface area contributed by atoms with Crippen LogP contribution in [0.2, 0.25) is 0 Å². The summed E-state index contributed by atoms with van der Waals surface area (Å²) in [5, 5.41) is 9.34. The number of hydrogen-bond acceptors (Lipinski definition) is 1. The average molecular weight is 184 g/mol. The van der Waals surface area contributed by atoms with Crippen molar-refractivity contribution in [1.29, 1.82) is 0 Å². The lowest BCUT2D eigenvalue weighted by molar-refractivity contribution is 0.367. The minimum atomic E-state index is -0.885. The third-order valence-corrected chi connectivity index (χ3v) is 2.62. The largest absolute Gasteiger partial charge is 0.508 e. The van der Waals surface area contributed by atoms with Crippen molar-refractivity contribution in [2.75, 3.05) is 0 Å². The van der Waals surface area contributed by atoms with E-state index in [1.165, 1.54) is 6.07 Å². The van der Waals surface area contributed by atoms with E-state index < -0.39 is 11.6 Å². The highest BCUT2D eigenvalue weighted by atomic mass is 19.2. The number of rotatable bonds is 1. The number of phenolic OH excluding ortho intramolecular Hbond substituents is 1. The lowest BCUT2D eigenvalue weighted by Crippen LogP contribution is -2.11. The van der Waals surface area contributed by atoms with Crippen molar-refractivity contribution >= 4 is 0 Å². The molecule has 0 aromatic heterocycles. The lowest BCUT2D eigenvalue weighted by Gasteiger charge is -2.26. The molecule has 0 heterocycles. The molecule has 0 saturated heterocycles. The van der Waals surface area contributed by atoms with Crippen LogP contribution in [-0.2, 0) is 0 Å². The summed E-state index contributed by atoms with van der Waals surface area (Å²) in [6.07, 6.45) is 2.71. The zero-order valence-electron chi connectivity index (χ0n) is 7.06. The first-order valence-electron chi connectivity index (χ1n) is 4.37. The van der Waals surface area contributed by atoms with Gasteiger partial charge in [-0.15, -0.1) is 0 Å². The van der Waals surface area contributed by atoms with Crippen molar-refractivity contribution in [3.05, 3.63) is 29.3 Å². The van der Waals surface area contributed by atoms with Gasteiger partial charge in [0.2, 0.25) is 0 Å². The van der Waals surface area contributed by atoms with Gasteiger partial charge in [0.25, 0.3) is 0 Å². The van der Waals surface area contributed by atoms with Crippen LogP contribution in [0.5, 0.6) is 5.75 Å². The smallest absolute Gasteiger partial charge is 0.165 e. The second kappa shape index (κ2) is 2.98. The molecule has 1 N–H and O–H groups in total. The average Bonchev–Trinajstić information content (AvgIpc) is 2.02. The third-order valence-electron chi connectivity index (χ3n) is 2.62. The molecule has 0 unspecified atom stereocenters. The maximum atomic E-state index is 13.2. The Kier molecular flexibility index (Phi) is 1.94. The Balaban J connectivity index is 2.46. The molecule has 0 spiro atoms. The van der Waals surface area contributed by atoms with Crippen LogP contribution in [-0.4, -0.2) is 5.11 Å². The highest BCUT2D eigenvalue weighted by Gasteiger charge is 2.27. The topological polar surface area (TPSA) is 20.2 Å². The third kappa shape index (κ3) is 1.28. The Hall–Kier alpha value is -1.12. The van der Waals surface area contributed by atoms with E-state index in [4.69, 9.17) is 0 Å². The van der Waals surface area contributed by atoms with Crippen LogP contribution < -0.4 is 0 Å². The Labute approximate surface area is 75.0 Å². The fourth-order valence-electron chi connectivity index (χ4n) is 1.64. The van der Waals surface area contributed by atoms with Gasteiger partial charge in [-0.2, -0.15) is 0 Å². The van der Waals surface area contributed by atoms with E-state index in [1.807, 2.05) is 0 Å². The van der Waals surface area contributed by atoms with E-state index in [0.29, 0.717) is 0 Å². The standard InChI is InChI=1S/C10H10F2O/c11-7-4-5-8(13)9(10(7)12)6-2-1-3-6/h4-6,13H,1-3H2. The van der Waals surface area contributed by atoms with Crippen LogP contribution in [0.1, 0.15) is 30.7 Å². The summed E-state index contributed by atoms with van der Waals surface area (Å²) in [6.45, 7) is 0. The van der Waals surface area contributed by atoms with Gasteiger partial charge >= 0.3 is 0 Å². The molecule has 0 radical (unpaired) electrons. The summed E-state index contributed by atoms with van der Waals surface area (Å²) >= 11 is 0. The highest BCUT2D eigenvalue weighted by Crippen LogP contribution is 2.42. The van der Waals surface area contributed by atoms with Crippen molar-refractivity contribution in [2.45, 2.75) is 25.2 Å². The minimum absolute atomic E-state index is 0.00991. The van der Waals surface area contributed by atoms with Gasteiger partial charge in [0.05, 0.1) is 0 Å². The first kappa shape index (κ1) is 8.48. The fraction of sp³-hybridized carbons (Fsp3) is 0.400. The quantitative estimate of drug-likeness (QED) is 0.711. The summed E-state index contributed by atoms with van der Waals surface area (Å²) in [6, 6.07) is 2.17. The molecule has 1 nitrogen and oxygen atoms in total. The van der Waals surface area contributed by atoms with Gasteiger partial charge in [0.15, 0.2) is 11.6 Å². The molecule has 1 fully saturated rings. The number of halogens is 2. The van der Waals surface area contributed by atoms with Gasteiger partial charge in [-0.3, -0.25) is 0 Å². The maximum Gasteiger partial charge on any atom is 0.165 e. The van der Waals surface area contributed by atoms with Crippen LogP contribution in [0.4, 0.5) is 8.78 Å². The van der Waals surface area contributed by atoms with Gasteiger partial charge in [-0.1, -0.05) is 6.42 Å².